The molecule has 0 bridgehead atoms. The molecule has 6 heteroatoms. The quantitative estimate of drug-likeness (QED) is 0.774. The molecule has 0 aliphatic heterocycles. The lowest BCUT2D eigenvalue weighted by Gasteiger charge is -2.21. The van der Waals surface area contributed by atoms with Gasteiger partial charge in [-0.3, -0.25) is 0 Å². The molecule has 0 radical (unpaired) electrons. The van der Waals surface area contributed by atoms with Gasteiger partial charge in [0.15, 0.2) is 0 Å². The summed E-state index contributed by atoms with van der Waals surface area (Å²) < 4.78 is 31.2. The van der Waals surface area contributed by atoms with Gasteiger partial charge in [-0.25, -0.2) is 13.6 Å². The van der Waals surface area contributed by atoms with E-state index in [0.29, 0.717) is 24.6 Å². The van der Waals surface area contributed by atoms with Crippen LogP contribution in [0.5, 0.6) is 0 Å². The van der Waals surface area contributed by atoms with Gasteiger partial charge in [0.05, 0.1) is 6.61 Å². The Morgan fingerprint density at radius 2 is 2.05 bits per heavy atom. The number of nitrogens with one attached hydrogen (secondary N) is 2. The van der Waals surface area contributed by atoms with E-state index < -0.39 is 17.7 Å². The number of benzene rings is 1. The fourth-order valence-electron chi connectivity index (χ4n) is 2.15. The molecule has 0 aromatic heterocycles. The van der Waals surface area contributed by atoms with Gasteiger partial charge in [-0.2, -0.15) is 0 Å². The maximum atomic E-state index is 13.5. The number of hydrogen-bond donors (Lipinski definition) is 2. The van der Waals surface area contributed by atoms with Gasteiger partial charge in [-0.05, 0) is 25.3 Å². The molecule has 22 heavy (non-hydrogen) atoms. The van der Waals surface area contributed by atoms with Crippen molar-refractivity contribution in [2.45, 2.75) is 39.8 Å². The number of rotatable bonds is 8. The first kappa shape index (κ1) is 18.4. The van der Waals surface area contributed by atoms with E-state index in [2.05, 4.69) is 24.5 Å². The van der Waals surface area contributed by atoms with Gasteiger partial charge in [0.1, 0.15) is 11.6 Å². The van der Waals surface area contributed by atoms with Crippen molar-refractivity contribution in [3.63, 3.8) is 0 Å². The lowest BCUT2D eigenvalue weighted by Crippen LogP contribution is -2.43. The number of carbonyl (C=O) groups is 1. The zero-order valence-electron chi connectivity index (χ0n) is 13.3. The summed E-state index contributed by atoms with van der Waals surface area (Å²) in [5, 5.41) is 5.86. The van der Waals surface area contributed by atoms with E-state index in [0.717, 1.165) is 12.5 Å². The van der Waals surface area contributed by atoms with Crippen molar-refractivity contribution in [2.75, 3.05) is 13.2 Å². The highest BCUT2D eigenvalue weighted by molar-refractivity contribution is 5.67. The van der Waals surface area contributed by atoms with E-state index in [4.69, 9.17) is 4.74 Å². The fraction of sp³-hybridized carbons (Fsp3) is 0.562. The molecule has 0 aliphatic carbocycles. The Bertz CT molecular complexity index is 481. The first-order valence-corrected chi connectivity index (χ1v) is 7.50. The average molecular weight is 314 g/mol. The molecular formula is C16H24F2N2O2. The molecule has 1 atom stereocenters. The Balaban J connectivity index is 2.49. The molecule has 0 fully saturated rings. The molecular weight excluding hydrogens is 290 g/mol. The number of ether oxygens (including phenoxy) is 1. The third kappa shape index (κ3) is 6.85. The Morgan fingerprint density at radius 3 is 2.64 bits per heavy atom. The summed E-state index contributed by atoms with van der Waals surface area (Å²) in [7, 11) is 0. The van der Waals surface area contributed by atoms with Gasteiger partial charge >= 0.3 is 6.09 Å². The Hall–Kier alpha value is -1.69. The van der Waals surface area contributed by atoms with Crippen molar-refractivity contribution in [1.29, 1.82) is 0 Å². The molecule has 1 amide bonds. The van der Waals surface area contributed by atoms with Crippen LogP contribution >= 0.6 is 0 Å². The second kappa shape index (κ2) is 9.35. The smallest absolute Gasteiger partial charge is 0.407 e. The van der Waals surface area contributed by atoms with Crippen molar-refractivity contribution in [1.82, 2.24) is 10.6 Å². The summed E-state index contributed by atoms with van der Waals surface area (Å²) in [4.78, 5) is 11.5. The van der Waals surface area contributed by atoms with Gasteiger partial charge in [-0.1, -0.05) is 19.9 Å². The van der Waals surface area contributed by atoms with E-state index in [1.54, 1.807) is 6.92 Å². The first-order chi connectivity index (χ1) is 10.4. The third-order valence-electron chi connectivity index (χ3n) is 3.07. The van der Waals surface area contributed by atoms with Crippen molar-refractivity contribution < 1.29 is 18.3 Å². The third-order valence-corrected chi connectivity index (χ3v) is 3.07. The SMILES string of the molecule is CCOC(=O)N[C@@H](CNCc1ccc(F)cc1F)CC(C)C. The largest absolute Gasteiger partial charge is 0.450 e. The van der Waals surface area contributed by atoms with Crippen LogP contribution in [0.4, 0.5) is 13.6 Å². The first-order valence-electron chi connectivity index (χ1n) is 7.50. The number of hydrogen-bond acceptors (Lipinski definition) is 3. The maximum Gasteiger partial charge on any atom is 0.407 e. The highest BCUT2D eigenvalue weighted by Crippen LogP contribution is 2.09. The molecule has 0 heterocycles. The summed E-state index contributed by atoms with van der Waals surface area (Å²) >= 11 is 0. The van der Waals surface area contributed by atoms with E-state index in [1.807, 2.05) is 0 Å². The van der Waals surface area contributed by atoms with Crippen LogP contribution in [0.15, 0.2) is 18.2 Å². The van der Waals surface area contributed by atoms with Gasteiger partial charge < -0.3 is 15.4 Å². The predicted octanol–water partition coefficient (Wildman–Crippen LogP) is 3.22. The molecule has 4 nitrogen and oxygen atoms in total. The topological polar surface area (TPSA) is 50.4 Å². The molecule has 2 N–H and O–H groups in total. The van der Waals surface area contributed by atoms with Crippen LogP contribution in [-0.4, -0.2) is 25.3 Å². The van der Waals surface area contributed by atoms with Crippen molar-refractivity contribution in [2.24, 2.45) is 5.92 Å². The maximum absolute atomic E-state index is 13.5. The molecule has 124 valence electrons. The van der Waals surface area contributed by atoms with Crippen molar-refractivity contribution >= 4 is 6.09 Å². The molecule has 1 rings (SSSR count). The zero-order valence-corrected chi connectivity index (χ0v) is 13.3. The average Bonchev–Trinajstić information content (AvgIpc) is 2.40. The zero-order chi connectivity index (χ0) is 16.5. The van der Waals surface area contributed by atoms with E-state index >= 15 is 0 Å². The molecule has 0 saturated carbocycles. The minimum atomic E-state index is -0.595. The van der Waals surface area contributed by atoms with E-state index in [-0.39, 0.29) is 12.6 Å². The summed E-state index contributed by atoms with van der Waals surface area (Å²) in [5.74, 6) is -0.773. The van der Waals surface area contributed by atoms with Gasteiger partial charge in [0, 0.05) is 30.8 Å². The number of alkyl carbamates (subject to hydrolysis) is 1. The lowest BCUT2D eigenvalue weighted by atomic mass is 10.0. The predicted molar refractivity (Wildman–Crippen MR) is 81.5 cm³/mol. The number of halogens is 2. The standard InChI is InChI=1S/C16H24F2N2O2/c1-4-22-16(21)20-14(7-11(2)3)10-19-9-12-5-6-13(17)8-15(12)18/h5-6,8,11,14,19H,4,7,9-10H2,1-3H3,(H,20,21)/t14-/m1/s1. The van der Waals surface area contributed by atoms with Crippen LogP contribution in [0.2, 0.25) is 0 Å². The van der Waals surface area contributed by atoms with Crippen LogP contribution in [0, 0.1) is 17.6 Å². The second-order valence-corrected chi connectivity index (χ2v) is 5.56. The summed E-state index contributed by atoms with van der Waals surface area (Å²) in [5.41, 5.74) is 0.390. The van der Waals surface area contributed by atoms with Crippen LogP contribution in [0.3, 0.4) is 0 Å². The van der Waals surface area contributed by atoms with Crippen molar-refractivity contribution in [3.05, 3.63) is 35.4 Å². The molecule has 0 saturated heterocycles. The van der Waals surface area contributed by atoms with Gasteiger partial charge in [-0.15, -0.1) is 0 Å². The molecule has 0 unspecified atom stereocenters. The fourth-order valence-corrected chi connectivity index (χ4v) is 2.15. The summed E-state index contributed by atoms with van der Waals surface area (Å²) in [6.45, 7) is 6.92. The summed E-state index contributed by atoms with van der Waals surface area (Å²) in [6, 6.07) is 3.39. The lowest BCUT2D eigenvalue weighted by molar-refractivity contribution is 0.146. The van der Waals surface area contributed by atoms with Crippen LogP contribution in [0.1, 0.15) is 32.8 Å². The van der Waals surface area contributed by atoms with Gasteiger partial charge in [0.25, 0.3) is 0 Å². The highest BCUT2D eigenvalue weighted by atomic mass is 19.1. The highest BCUT2D eigenvalue weighted by Gasteiger charge is 2.14. The van der Waals surface area contributed by atoms with E-state index in [1.165, 1.54) is 12.1 Å². The minimum absolute atomic E-state index is 0.109. The number of amides is 1. The normalized spacial score (nSPS) is 12.3. The van der Waals surface area contributed by atoms with Crippen molar-refractivity contribution in [3.8, 4) is 0 Å². The molecule has 1 aromatic rings. The monoisotopic (exact) mass is 314 g/mol. The summed E-state index contributed by atoms with van der Waals surface area (Å²) in [6.07, 6.45) is 0.320. The Kier molecular flexibility index (Phi) is 7.80. The second-order valence-electron chi connectivity index (χ2n) is 5.56. The van der Waals surface area contributed by atoms with Crippen LogP contribution in [-0.2, 0) is 11.3 Å². The minimum Gasteiger partial charge on any atom is -0.450 e. The van der Waals surface area contributed by atoms with Crippen LogP contribution < -0.4 is 10.6 Å². The Morgan fingerprint density at radius 1 is 1.32 bits per heavy atom. The van der Waals surface area contributed by atoms with Gasteiger partial charge in [0.2, 0.25) is 0 Å². The number of carbonyl (C=O) groups excluding carboxylic acids is 1. The molecule has 0 spiro atoms. The molecule has 1 aromatic carbocycles. The Labute approximate surface area is 130 Å². The van der Waals surface area contributed by atoms with Crippen LogP contribution in [0.25, 0.3) is 0 Å². The van der Waals surface area contributed by atoms with E-state index in [9.17, 15) is 13.6 Å². The molecule has 0 aliphatic rings.